The van der Waals surface area contributed by atoms with Crippen LogP contribution in [0.5, 0.6) is 0 Å². The molecule has 1 saturated heterocycles. The molecule has 0 amide bonds. The Kier molecular flexibility index (Phi) is 4.09. The standard InChI is InChI=1S/C14H20N4O2S2/c1-9(2)17-22(19,20)11-4-5-18(6-11)14-13-12(15-8-16-14)10(3)7-21-13/h7-9,11,17H,4-6H2,1-3H3. The Bertz CT molecular complexity index is 785. The molecule has 0 aromatic carbocycles. The van der Waals surface area contributed by atoms with Crippen molar-refractivity contribution in [2.45, 2.75) is 38.5 Å². The topological polar surface area (TPSA) is 75.2 Å². The van der Waals surface area contributed by atoms with Gasteiger partial charge in [0.15, 0.2) is 0 Å². The molecule has 8 heteroatoms. The van der Waals surface area contributed by atoms with Crippen molar-refractivity contribution in [1.82, 2.24) is 14.7 Å². The minimum Gasteiger partial charge on any atom is -0.354 e. The van der Waals surface area contributed by atoms with Crippen LogP contribution in [0.15, 0.2) is 11.7 Å². The summed E-state index contributed by atoms with van der Waals surface area (Å²) >= 11 is 1.62. The van der Waals surface area contributed by atoms with Crippen molar-refractivity contribution >= 4 is 37.4 Å². The fourth-order valence-corrected chi connectivity index (χ4v) is 5.44. The van der Waals surface area contributed by atoms with Crippen LogP contribution in [0.1, 0.15) is 25.8 Å². The van der Waals surface area contributed by atoms with Crippen LogP contribution in [0, 0.1) is 6.92 Å². The second-order valence-corrected chi connectivity index (χ2v) is 8.84. The Labute approximate surface area is 134 Å². The Hall–Kier alpha value is -1.25. The van der Waals surface area contributed by atoms with E-state index in [1.807, 2.05) is 20.8 Å². The van der Waals surface area contributed by atoms with E-state index in [0.717, 1.165) is 21.6 Å². The van der Waals surface area contributed by atoms with Gasteiger partial charge in [-0.3, -0.25) is 0 Å². The predicted octanol–water partition coefficient (Wildman–Crippen LogP) is 1.91. The van der Waals surface area contributed by atoms with Crippen molar-refractivity contribution in [2.75, 3.05) is 18.0 Å². The summed E-state index contributed by atoms with van der Waals surface area (Å²) in [5.41, 5.74) is 2.09. The Morgan fingerprint density at radius 2 is 2.18 bits per heavy atom. The second-order valence-electron chi connectivity index (χ2n) is 5.97. The van der Waals surface area contributed by atoms with Gasteiger partial charge in [0.1, 0.15) is 12.1 Å². The lowest BCUT2D eigenvalue weighted by Crippen LogP contribution is -2.39. The van der Waals surface area contributed by atoms with Crippen molar-refractivity contribution in [3.8, 4) is 0 Å². The van der Waals surface area contributed by atoms with Crippen molar-refractivity contribution < 1.29 is 8.42 Å². The first-order chi connectivity index (χ1) is 10.4. The highest BCUT2D eigenvalue weighted by Gasteiger charge is 2.34. The summed E-state index contributed by atoms with van der Waals surface area (Å²) < 4.78 is 28.4. The van der Waals surface area contributed by atoms with Gasteiger partial charge in [-0.25, -0.2) is 23.1 Å². The monoisotopic (exact) mass is 340 g/mol. The number of aromatic nitrogens is 2. The average Bonchev–Trinajstić information content (AvgIpc) is 3.05. The molecular weight excluding hydrogens is 320 g/mol. The van der Waals surface area contributed by atoms with Crippen LogP contribution in [-0.2, 0) is 10.0 Å². The number of hydrogen-bond donors (Lipinski definition) is 1. The van der Waals surface area contributed by atoms with E-state index in [1.165, 1.54) is 0 Å². The largest absolute Gasteiger partial charge is 0.354 e. The van der Waals surface area contributed by atoms with Gasteiger partial charge in [-0.1, -0.05) is 0 Å². The van der Waals surface area contributed by atoms with Gasteiger partial charge >= 0.3 is 0 Å². The minimum atomic E-state index is -3.28. The van der Waals surface area contributed by atoms with Crippen LogP contribution in [0.2, 0.25) is 0 Å². The van der Waals surface area contributed by atoms with Crippen molar-refractivity contribution in [3.63, 3.8) is 0 Å². The Morgan fingerprint density at radius 3 is 2.91 bits per heavy atom. The molecule has 0 bridgehead atoms. The number of hydrogen-bond acceptors (Lipinski definition) is 6. The molecule has 0 radical (unpaired) electrons. The molecule has 1 aliphatic rings. The number of rotatable bonds is 4. The molecule has 22 heavy (non-hydrogen) atoms. The number of thiophene rings is 1. The summed E-state index contributed by atoms with van der Waals surface area (Å²) in [5, 5.41) is 1.67. The lowest BCUT2D eigenvalue weighted by Gasteiger charge is -2.19. The number of sulfonamides is 1. The third-order valence-corrected chi connectivity index (χ3v) is 6.94. The minimum absolute atomic E-state index is 0.0789. The highest BCUT2D eigenvalue weighted by molar-refractivity contribution is 7.90. The van der Waals surface area contributed by atoms with Crippen LogP contribution in [0.4, 0.5) is 5.82 Å². The van der Waals surface area contributed by atoms with E-state index in [9.17, 15) is 8.42 Å². The summed E-state index contributed by atoms with van der Waals surface area (Å²) in [6, 6.07) is -0.0789. The summed E-state index contributed by atoms with van der Waals surface area (Å²) in [4.78, 5) is 10.8. The van der Waals surface area contributed by atoms with Gasteiger partial charge in [-0.2, -0.15) is 0 Å². The van der Waals surface area contributed by atoms with Gasteiger partial charge in [-0.05, 0) is 38.1 Å². The molecule has 1 N–H and O–H groups in total. The molecule has 1 fully saturated rings. The quantitative estimate of drug-likeness (QED) is 0.920. The van der Waals surface area contributed by atoms with Crippen molar-refractivity contribution in [3.05, 3.63) is 17.3 Å². The van der Waals surface area contributed by atoms with Gasteiger partial charge in [0, 0.05) is 19.1 Å². The molecule has 0 aliphatic carbocycles. The SMILES string of the molecule is Cc1csc2c(N3CCC(S(=O)(=O)NC(C)C)C3)ncnc12. The van der Waals surface area contributed by atoms with Crippen LogP contribution in [0.25, 0.3) is 10.2 Å². The third kappa shape index (κ3) is 2.82. The van der Waals surface area contributed by atoms with E-state index in [4.69, 9.17) is 0 Å². The van der Waals surface area contributed by atoms with E-state index in [1.54, 1.807) is 17.7 Å². The fourth-order valence-electron chi connectivity index (χ4n) is 2.78. The smallest absolute Gasteiger partial charge is 0.216 e. The zero-order chi connectivity index (χ0) is 15.9. The zero-order valence-corrected chi connectivity index (χ0v) is 14.5. The number of nitrogens with zero attached hydrogens (tertiary/aromatic N) is 3. The first-order valence-corrected chi connectivity index (χ1v) is 9.76. The summed E-state index contributed by atoms with van der Waals surface area (Å²) in [6.45, 7) is 6.89. The summed E-state index contributed by atoms with van der Waals surface area (Å²) in [5.74, 6) is 0.852. The molecule has 6 nitrogen and oxygen atoms in total. The molecule has 3 rings (SSSR count). The maximum absolute atomic E-state index is 12.3. The number of fused-ring (bicyclic) bond motifs is 1. The van der Waals surface area contributed by atoms with Crippen molar-refractivity contribution in [2.24, 2.45) is 0 Å². The van der Waals surface area contributed by atoms with E-state index in [2.05, 4.69) is 25.0 Å². The van der Waals surface area contributed by atoms with E-state index < -0.39 is 10.0 Å². The van der Waals surface area contributed by atoms with E-state index >= 15 is 0 Å². The first kappa shape index (κ1) is 15.6. The average molecular weight is 340 g/mol. The highest BCUT2D eigenvalue weighted by Crippen LogP contribution is 2.33. The Morgan fingerprint density at radius 1 is 1.41 bits per heavy atom. The number of aryl methyl sites for hydroxylation is 1. The maximum atomic E-state index is 12.3. The molecular formula is C14H20N4O2S2. The van der Waals surface area contributed by atoms with Crippen LogP contribution < -0.4 is 9.62 Å². The normalized spacial score (nSPS) is 19.5. The summed E-state index contributed by atoms with van der Waals surface area (Å²) in [7, 11) is -3.28. The zero-order valence-electron chi connectivity index (χ0n) is 12.9. The van der Waals surface area contributed by atoms with Crippen LogP contribution in [-0.4, -0.2) is 42.8 Å². The molecule has 3 heterocycles. The van der Waals surface area contributed by atoms with Gasteiger partial charge in [0.05, 0.1) is 15.5 Å². The molecule has 0 saturated carbocycles. The second kappa shape index (κ2) is 5.75. The molecule has 1 atom stereocenters. The molecule has 0 spiro atoms. The van der Waals surface area contributed by atoms with Gasteiger partial charge in [0.2, 0.25) is 10.0 Å². The lowest BCUT2D eigenvalue weighted by atomic mass is 10.3. The maximum Gasteiger partial charge on any atom is 0.216 e. The van der Waals surface area contributed by atoms with Gasteiger partial charge in [0.25, 0.3) is 0 Å². The summed E-state index contributed by atoms with van der Waals surface area (Å²) in [6.07, 6.45) is 2.18. The highest BCUT2D eigenvalue weighted by atomic mass is 32.2. The number of nitrogens with one attached hydrogen (secondary N) is 1. The van der Waals surface area contributed by atoms with Gasteiger partial charge in [-0.15, -0.1) is 11.3 Å². The molecule has 2 aromatic rings. The molecule has 1 aliphatic heterocycles. The predicted molar refractivity (Wildman–Crippen MR) is 90.0 cm³/mol. The lowest BCUT2D eigenvalue weighted by molar-refractivity contribution is 0.557. The van der Waals surface area contributed by atoms with Crippen LogP contribution in [0.3, 0.4) is 0 Å². The first-order valence-electron chi connectivity index (χ1n) is 7.33. The third-order valence-electron chi connectivity index (χ3n) is 3.80. The van der Waals surface area contributed by atoms with Gasteiger partial charge < -0.3 is 4.90 Å². The van der Waals surface area contributed by atoms with Crippen molar-refractivity contribution in [1.29, 1.82) is 0 Å². The fraction of sp³-hybridized carbons (Fsp3) is 0.571. The molecule has 120 valence electrons. The Balaban J connectivity index is 1.86. The van der Waals surface area contributed by atoms with Crippen LogP contribution >= 0.6 is 11.3 Å². The van der Waals surface area contributed by atoms with E-state index in [-0.39, 0.29) is 11.3 Å². The molecule has 2 aromatic heterocycles. The van der Waals surface area contributed by atoms with E-state index in [0.29, 0.717) is 19.5 Å². The number of anilines is 1. The molecule has 1 unspecified atom stereocenters.